The normalized spacial score (nSPS) is 13.1. The number of thioether (sulfide) groups is 1. The van der Waals surface area contributed by atoms with Crippen molar-refractivity contribution in [3.8, 4) is 0 Å². The Hall–Kier alpha value is -2.12. The number of aromatic nitrogens is 2. The lowest BCUT2D eigenvalue weighted by atomic mass is 10.2. The van der Waals surface area contributed by atoms with Crippen LogP contribution < -0.4 is 5.56 Å². The van der Waals surface area contributed by atoms with Crippen LogP contribution >= 0.6 is 23.1 Å². The van der Waals surface area contributed by atoms with Crippen molar-refractivity contribution in [2.24, 2.45) is 0 Å². The highest BCUT2D eigenvalue weighted by Gasteiger charge is 2.21. The molecule has 1 aliphatic rings. The zero-order valence-corrected chi connectivity index (χ0v) is 17.7. The molecule has 0 saturated heterocycles. The number of fused-ring (bicyclic) bond motifs is 3. The molecule has 1 aromatic carbocycles. The summed E-state index contributed by atoms with van der Waals surface area (Å²) in [6.45, 7) is 0.578. The van der Waals surface area contributed by atoms with Crippen LogP contribution in [0, 0.1) is 0 Å². The van der Waals surface area contributed by atoms with Gasteiger partial charge in [-0.15, -0.1) is 23.1 Å². The highest BCUT2D eigenvalue weighted by molar-refractivity contribution is 7.98. The molecule has 28 heavy (non-hydrogen) atoms. The average molecular weight is 414 g/mol. The summed E-state index contributed by atoms with van der Waals surface area (Å²) in [5.41, 5.74) is 2.23. The number of carbonyl (C=O) groups is 1. The maximum atomic E-state index is 12.5. The van der Waals surface area contributed by atoms with Gasteiger partial charge in [0.15, 0.2) is 0 Å². The van der Waals surface area contributed by atoms with Gasteiger partial charge in [-0.2, -0.15) is 0 Å². The van der Waals surface area contributed by atoms with Gasteiger partial charge in [-0.05, 0) is 48.8 Å². The quantitative estimate of drug-likeness (QED) is 0.625. The fraction of sp³-hybridized carbons (Fsp3) is 0.381. The van der Waals surface area contributed by atoms with E-state index in [0.29, 0.717) is 25.2 Å². The number of aryl methyl sites for hydroxylation is 3. The highest BCUT2D eigenvalue weighted by Crippen LogP contribution is 2.34. The summed E-state index contributed by atoms with van der Waals surface area (Å²) >= 11 is 3.33. The van der Waals surface area contributed by atoms with E-state index < -0.39 is 0 Å². The van der Waals surface area contributed by atoms with E-state index in [1.165, 1.54) is 15.3 Å². The number of aromatic amines is 1. The first-order valence-electron chi connectivity index (χ1n) is 9.45. The van der Waals surface area contributed by atoms with Crippen molar-refractivity contribution in [3.63, 3.8) is 0 Å². The van der Waals surface area contributed by atoms with Crippen molar-refractivity contribution in [2.45, 2.75) is 43.5 Å². The van der Waals surface area contributed by atoms with Crippen LogP contribution in [-0.2, 0) is 30.6 Å². The molecule has 1 aliphatic carbocycles. The predicted molar refractivity (Wildman–Crippen MR) is 115 cm³/mol. The molecule has 0 radical (unpaired) electrons. The molecule has 2 heterocycles. The molecular weight excluding hydrogens is 390 g/mol. The maximum Gasteiger partial charge on any atom is 0.259 e. The van der Waals surface area contributed by atoms with Crippen molar-refractivity contribution >= 4 is 39.2 Å². The van der Waals surface area contributed by atoms with Crippen LogP contribution in [0.1, 0.15) is 34.7 Å². The lowest BCUT2D eigenvalue weighted by Gasteiger charge is -2.17. The van der Waals surface area contributed by atoms with Crippen molar-refractivity contribution in [2.75, 3.05) is 13.3 Å². The van der Waals surface area contributed by atoms with E-state index in [0.717, 1.165) is 35.0 Å². The fourth-order valence-corrected chi connectivity index (χ4v) is 5.36. The Kier molecular flexibility index (Phi) is 5.55. The molecule has 0 spiro atoms. The van der Waals surface area contributed by atoms with Crippen molar-refractivity contribution in [3.05, 3.63) is 56.4 Å². The third-order valence-electron chi connectivity index (χ3n) is 5.20. The molecule has 0 saturated carbocycles. The topological polar surface area (TPSA) is 66.1 Å². The maximum absolute atomic E-state index is 12.5. The summed E-state index contributed by atoms with van der Waals surface area (Å²) < 4.78 is 0. The molecule has 1 N–H and O–H groups in total. The van der Waals surface area contributed by atoms with E-state index in [1.807, 2.05) is 13.3 Å². The molecule has 0 fully saturated rings. The molecule has 5 nitrogen and oxygen atoms in total. The predicted octanol–water partition coefficient (Wildman–Crippen LogP) is 3.79. The van der Waals surface area contributed by atoms with Gasteiger partial charge in [0.25, 0.3) is 5.56 Å². The van der Waals surface area contributed by atoms with E-state index in [1.54, 1.807) is 28.0 Å². The number of nitrogens with zero attached hydrogens (tertiary/aromatic N) is 2. The van der Waals surface area contributed by atoms with Crippen LogP contribution in [0.4, 0.5) is 0 Å². The van der Waals surface area contributed by atoms with Crippen LogP contribution in [-0.4, -0.2) is 34.1 Å². The van der Waals surface area contributed by atoms with E-state index in [-0.39, 0.29) is 11.5 Å². The van der Waals surface area contributed by atoms with Gasteiger partial charge in [-0.25, -0.2) is 4.98 Å². The number of benzene rings is 1. The molecule has 0 aliphatic heterocycles. The molecule has 146 valence electrons. The summed E-state index contributed by atoms with van der Waals surface area (Å²) in [6.07, 6.45) is 5.97. The number of amides is 1. The van der Waals surface area contributed by atoms with E-state index in [2.05, 4.69) is 34.2 Å². The van der Waals surface area contributed by atoms with Crippen molar-refractivity contribution in [1.82, 2.24) is 14.9 Å². The number of hydrogen-bond donors (Lipinski definition) is 1. The van der Waals surface area contributed by atoms with E-state index >= 15 is 0 Å². The molecule has 4 rings (SSSR count). The van der Waals surface area contributed by atoms with Crippen LogP contribution in [0.15, 0.2) is 34.0 Å². The first-order valence-corrected chi connectivity index (χ1v) is 11.5. The lowest BCUT2D eigenvalue weighted by molar-refractivity contribution is -0.130. The van der Waals surface area contributed by atoms with Gasteiger partial charge in [0.1, 0.15) is 10.7 Å². The molecule has 2 aromatic heterocycles. The number of carbonyl (C=O) groups excluding carboxylic acids is 1. The summed E-state index contributed by atoms with van der Waals surface area (Å²) in [4.78, 5) is 37.6. The molecular formula is C21H23N3O2S2. The largest absolute Gasteiger partial charge is 0.341 e. The Balaban J connectivity index is 1.40. The number of thiophene rings is 1. The van der Waals surface area contributed by atoms with Crippen molar-refractivity contribution in [1.29, 1.82) is 0 Å². The van der Waals surface area contributed by atoms with Crippen LogP contribution in [0.25, 0.3) is 10.2 Å². The molecule has 1 amide bonds. The molecule has 3 aromatic rings. The number of H-pyrrole nitrogens is 1. The van der Waals surface area contributed by atoms with Crippen LogP contribution in [0.2, 0.25) is 0 Å². The summed E-state index contributed by atoms with van der Waals surface area (Å²) in [5, 5.41) is 0.762. The number of rotatable bonds is 6. The zero-order valence-electron chi connectivity index (χ0n) is 16.1. The Morgan fingerprint density at radius 2 is 2.07 bits per heavy atom. The zero-order chi connectivity index (χ0) is 19.7. The highest BCUT2D eigenvalue weighted by atomic mass is 32.2. The average Bonchev–Trinajstić information content (AvgIpc) is 3.27. The number of hydrogen-bond acceptors (Lipinski definition) is 5. The van der Waals surface area contributed by atoms with E-state index in [4.69, 9.17) is 0 Å². The summed E-state index contributed by atoms with van der Waals surface area (Å²) in [7, 11) is 1.81. The van der Waals surface area contributed by atoms with Crippen LogP contribution in [0.3, 0.4) is 0 Å². The second kappa shape index (κ2) is 8.09. The first-order chi connectivity index (χ1) is 13.5. The Bertz CT molecular complexity index is 1070. The molecule has 7 heteroatoms. The van der Waals surface area contributed by atoms with Gasteiger partial charge in [0, 0.05) is 36.2 Å². The Morgan fingerprint density at radius 1 is 1.29 bits per heavy atom. The van der Waals surface area contributed by atoms with Gasteiger partial charge in [-0.1, -0.05) is 12.1 Å². The lowest BCUT2D eigenvalue weighted by Crippen LogP contribution is -2.26. The van der Waals surface area contributed by atoms with Gasteiger partial charge in [0.05, 0.1) is 5.39 Å². The first kappa shape index (κ1) is 19.2. The third-order valence-corrected chi connectivity index (χ3v) is 7.13. The monoisotopic (exact) mass is 413 g/mol. The standard InChI is InChI=1S/C21H23N3O2S2/c1-24(12-13-6-8-14(27-2)9-7-13)18(25)11-10-17-22-20(26)19-15-4-3-5-16(15)28-21(19)23-17/h6-9H,3-5,10-12H2,1-2H3,(H,22,23,26). The Morgan fingerprint density at radius 3 is 2.82 bits per heavy atom. The molecule has 0 atom stereocenters. The minimum Gasteiger partial charge on any atom is -0.341 e. The summed E-state index contributed by atoms with van der Waals surface area (Å²) in [5.74, 6) is 0.647. The second-order valence-electron chi connectivity index (χ2n) is 7.15. The fourth-order valence-electron chi connectivity index (χ4n) is 3.67. The van der Waals surface area contributed by atoms with Gasteiger partial charge >= 0.3 is 0 Å². The third kappa shape index (κ3) is 3.86. The van der Waals surface area contributed by atoms with Gasteiger partial charge in [-0.3, -0.25) is 9.59 Å². The SMILES string of the molecule is CSc1ccc(CN(C)C(=O)CCc2nc3sc4c(c3c(=O)[nH]2)CCC4)cc1. The van der Waals surface area contributed by atoms with Gasteiger partial charge < -0.3 is 9.88 Å². The smallest absolute Gasteiger partial charge is 0.259 e. The summed E-state index contributed by atoms with van der Waals surface area (Å²) in [6, 6.07) is 8.25. The Labute approximate surface area is 172 Å². The second-order valence-corrected chi connectivity index (χ2v) is 9.11. The van der Waals surface area contributed by atoms with E-state index in [9.17, 15) is 9.59 Å². The number of nitrogens with one attached hydrogen (secondary N) is 1. The molecule has 0 bridgehead atoms. The molecule has 0 unspecified atom stereocenters. The van der Waals surface area contributed by atoms with Crippen molar-refractivity contribution < 1.29 is 4.79 Å². The minimum absolute atomic E-state index is 0.0466. The van der Waals surface area contributed by atoms with Crippen LogP contribution in [0.5, 0.6) is 0 Å². The minimum atomic E-state index is -0.0610. The van der Waals surface area contributed by atoms with Gasteiger partial charge in [0.2, 0.25) is 5.91 Å².